The van der Waals surface area contributed by atoms with E-state index in [0.717, 1.165) is 5.56 Å². The zero-order valence-corrected chi connectivity index (χ0v) is 20.6. The summed E-state index contributed by atoms with van der Waals surface area (Å²) in [6.45, 7) is 1.89. The summed E-state index contributed by atoms with van der Waals surface area (Å²) in [5.74, 6) is -10.6. The molecule has 3 aliphatic carbocycles. The molecule has 6 atom stereocenters. The molecule has 0 spiro atoms. The minimum Gasteiger partial charge on any atom is -0.507 e. The van der Waals surface area contributed by atoms with Gasteiger partial charge in [-0.1, -0.05) is 6.07 Å². The van der Waals surface area contributed by atoms with Gasteiger partial charge in [-0.05, 0) is 69.1 Å². The SMILES string of the molecule is Cc1ccc(-c2ccc(O)c3c2C[C@H]2C[C@H]4[C@H](N(C)C)C(=O)C(C(N)=O)C(=O)[C@@]4(O)C(=O)C2C3=O)nc1. The Morgan fingerprint density at radius 1 is 1.11 bits per heavy atom. The van der Waals surface area contributed by atoms with Crippen LogP contribution in [0.25, 0.3) is 11.3 Å². The zero-order chi connectivity index (χ0) is 27.0. The summed E-state index contributed by atoms with van der Waals surface area (Å²) in [6, 6.07) is 5.55. The number of aromatic nitrogens is 1. The first-order chi connectivity index (χ1) is 17.4. The van der Waals surface area contributed by atoms with Crippen molar-refractivity contribution < 1.29 is 34.2 Å². The Bertz CT molecular complexity index is 1380. The third-order valence-corrected chi connectivity index (χ3v) is 8.13. The number of aliphatic hydroxyl groups is 1. The molecule has 10 heteroatoms. The lowest BCUT2D eigenvalue weighted by Gasteiger charge is -2.52. The van der Waals surface area contributed by atoms with E-state index in [1.54, 1.807) is 32.4 Å². The van der Waals surface area contributed by atoms with Gasteiger partial charge >= 0.3 is 0 Å². The number of benzene rings is 1. The number of phenols is 1. The van der Waals surface area contributed by atoms with E-state index in [-0.39, 0.29) is 24.2 Å². The van der Waals surface area contributed by atoms with Gasteiger partial charge in [-0.15, -0.1) is 0 Å². The van der Waals surface area contributed by atoms with Crippen LogP contribution in [0.3, 0.4) is 0 Å². The summed E-state index contributed by atoms with van der Waals surface area (Å²) < 4.78 is 0. The monoisotopic (exact) mass is 505 g/mol. The lowest BCUT2D eigenvalue weighted by molar-refractivity contribution is -0.181. The molecular formula is C27H27N3O7. The number of hydrogen-bond acceptors (Lipinski definition) is 9. The average Bonchev–Trinajstić information content (AvgIpc) is 2.82. The number of nitrogens with two attached hydrogens (primary N) is 1. The maximum absolute atomic E-state index is 13.8. The van der Waals surface area contributed by atoms with E-state index in [9.17, 15) is 34.2 Å². The molecule has 10 nitrogen and oxygen atoms in total. The van der Waals surface area contributed by atoms with Crippen LogP contribution in [0.2, 0.25) is 0 Å². The maximum atomic E-state index is 13.8. The van der Waals surface area contributed by atoms with Crippen molar-refractivity contribution in [1.82, 2.24) is 9.88 Å². The summed E-state index contributed by atoms with van der Waals surface area (Å²) in [4.78, 5) is 72.0. The third-order valence-electron chi connectivity index (χ3n) is 8.13. The number of phenolic OH excluding ortho intramolecular Hbond substituents is 1. The van der Waals surface area contributed by atoms with Crippen molar-refractivity contribution in [3.05, 3.63) is 47.2 Å². The number of likely N-dealkylation sites (N-methyl/N-ethyl adjacent to an activating group) is 1. The van der Waals surface area contributed by atoms with E-state index in [4.69, 9.17) is 5.73 Å². The van der Waals surface area contributed by atoms with E-state index in [1.165, 1.54) is 11.0 Å². The van der Waals surface area contributed by atoms with E-state index in [2.05, 4.69) is 4.98 Å². The molecule has 5 rings (SSSR count). The number of hydrogen-bond donors (Lipinski definition) is 3. The highest BCUT2D eigenvalue weighted by Gasteiger charge is 2.69. The van der Waals surface area contributed by atoms with Gasteiger partial charge in [-0.25, -0.2) is 0 Å². The Balaban J connectivity index is 1.66. The zero-order valence-electron chi connectivity index (χ0n) is 20.6. The Hall–Kier alpha value is -3.76. The number of carbonyl (C=O) groups is 5. The lowest BCUT2D eigenvalue weighted by Crippen LogP contribution is -2.74. The molecule has 4 N–H and O–H groups in total. The highest BCUT2D eigenvalue weighted by atomic mass is 16.3. The van der Waals surface area contributed by atoms with Crippen molar-refractivity contribution in [2.75, 3.05) is 14.1 Å². The van der Waals surface area contributed by atoms with Gasteiger partial charge in [0.2, 0.25) is 5.91 Å². The second-order valence-corrected chi connectivity index (χ2v) is 10.5. The summed E-state index contributed by atoms with van der Waals surface area (Å²) in [6.07, 6.45) is 1.87. The van der Waals surface area contributed by atoms with Crippen LogP contribution in [0.15, 0.2) is 30.5 Å². The summed E-state index contributed by atoms with van der Waals surface area (Å²) in [7, 11) is 3.10. The molecule has 2 saturated carbocycles. The van der Waals surface area contributed by atoms with E-state index in [1.807, 2.05) is 13.0 Å². The molecule has 1 amide bonds. The number of rotatable bonds is 3. The smallest absolute Gasteiger partial charge is 0.235 e. The van der Waals surface area contributed by atoms with Gasteiger partial charge in [0.25, 0.3) is 0 Å². The summed E-state index contributed by atoms with van der Waals surface area (Å²) in [5, 5.41) is 22.2. The van der Waals surface area contributed by atoms with E-state index in [0.29, 0.717) is 16.8 Å². The van der Waals surface area contributed by atoms with E-state index >= 15 is 0 Å². The minimum absolute atomic E-state index is 0.000315. The number of Topliss-reactive ketones (excluding diaryl/α,β-unsaturated/α-hetero) is 4. The Kier molecular flexibility index (Phi) is 5.65. The maximum Gasteiger partial charge on any atom is 0.235 e. The van der Waals surface area contributed by atoms with Gasteiger partial charge in [0.15, 0.2) is 34.7 Å². The highest BCUT2D eigenvalue weighted by molar-refractivity contribution is 6.32. The standard InChI is InChI=1S/C27H27N3O7/c1-11-4-6-16(29-10-11)13-5-7-17(31)19-14(13)8-12-9-15-21(30(2)3)23(33)20(26(28)36)25(35)27(15,37)24(34)18(12)22(19)32/h4-7,10,12,15,18,20-21,31,37H,8-9H2,1-3H3,(H2,28,36)/t12-,15-,18?,20?,21-,27-/m0/s1. The van der Waals surface area contributed by atoms with Crippen LogP contribution in [-0.4, -0.2) is 74.9 Å². The summed E-state index contributed by atoms with van der Waals surface area (Å²) >= 11 is 0. The number of pyridine rings is 1. The molecule has 2 unspecified atom stereocenters. The van der Waals surface area contributed by atoms with Gasteiger partial charge in [0, 0.05) is 17.7 Å². The van der Waals surface area contributed by atoms with Crippen LogP contribution in [-0.2, 0) is 25.6 Å². The number of primary amides is 1. The minimum atomic E-state index is -2.73. The van der Waals surface area contributed by atoms with Crippen molar-refractivity contribution in [3.8, 4) is 17.0 Å². The molecule has 3 aliphatic rings. The van der Waals surface area contributed by atoms with Crippen molar-refractivity contribution in [1.29, 1.82) is 0 Å². The molecular weight excluding hydrogens is 478 g/mol. The molecule has 1 heterocycles. The predicted octanol–water partition coefficient (Wildman–Crippen LogP) is 0.237. The molecule has 0 radical (unpaired) electrons. The quantitative estimate of drug-likeness (QED) is 0.495. The van der Waals surface area contributed by atoms with Gasteiger partial charge in [0.05, 0.1) is 23.2 Å². The van der Waals surface area contributed by atoms with Crippen LogP contribution in [0.5, 0.6) is 5.75 Å². The van der Waals surface area contributed by atoms with Crippen molar-refractivity contribution >= 4 is 29.0 Å². The van der Waals surface area contributed by atoms with Crippen LogP contribution in [0, 0.1) is 30.6 Å². The molecule has 2 fully saturated rings. The summed E-state index contributed by atoms with van der Waals surface area (Å²) in [5.41, 5.74) is 5.23. The fourth-order valence-electron chi connectivity index (χ4n) is 6.47. The number of amides is 1. The fraction of sp³-hybridized carbons (Fsp3) is 0.407. The second kappa shape index (κ2) is 8.39. The molecule has 0 aliphatic heterocycles. The fourth-order valence-corrected chi connectivity index (χ4v) is 6.47. The number of fused-ring (bicyclic) bond motifs is 3. The Morgan fingerprint density at radius 2 is 1.81 bits per heavy atom. The van der Waals surface area contributed by atoms with Crippen LogP contribution >= 0.6 is 0 Å². The number of aryl methyl sites for hydroxylation is 1. The number of carbonyl (C=O) groups excluding carboxylic acids is 5. The highest BCUT2D eigenvalue weighted by Crippen LogP contribution is 2.51. The first-order valence-electron chi connectivity index (χ1n) is 12.0. The topological polar surface area (TPSA) is 168 Å². The third kappa shape index (κ3) is 3.39. The molecule has 2 aromatic rings. The number of aromatic hydroxyl groups is 1. The largest absolute Gasteiger partial charge is 0.507 e. The van der Waals surface area contributed by atoms with E-state index < -0.39 is 64.4 Å². The Morgan fingerprint density at radius 3 is 2.41 bits per heavy atom. The number of ketones is 4. The van der Waals surface area contributed by atoms with Gasteiger partial charge < -0.3 is 15.9 Å². The first kappa shape index (κ1) is 24.9. The average molecular weight is 506 g/mol. The van der Waals surface area contributed by atoms with Crippen LogP contribution in [0.4, 0.5) is 0 Å². The predicted molar refractivity (Wildman–Crippen MR) is 129 cm³/mol. The van der Waals surface area contributed by atoms with Gasteiger partial charge in [-0.3, -0.25) is 33.9 Å². The van der Waals surface area contributed by atoms with Crippen molar-refractivity contribution in [3.63, 3.8) is 0 Å². The van der Waals surface area contributed by atoms with Gasteiger partial charge in [-0.2, -0.15) is 0 Å². The molecule has 0 bridgehead atoms. The van der Waals surface area contributed by atoms with Crippen LogP contribution < -0.4 is 5.73 Å². The molecule has 1 aromatic heterocycles. The normalized spacial score (nSPS) is 31.1. The Labute approximate surface area is 212 Å². The first-order valence-corrected chi connectivity index (χ1v) is 12.0. The van der Waals surface area contributed by atoms with Gasteiger partial charge in [0.1, 0.15) is 5.75 Å². The van der Waals surface area contributed by atoms with Crippen molar-refractivity contribution in [2.24, 2.45) is 29.4 Å². The molecule has 0 saturated heterocycles. The molecule has 1 aromatic carbocycles. The van der Waals surface area contributed by atoms with Crippen LogP contribution in [0.1, 0.15) is 27.9 Å². The molecule has 37 heavy (non-hydrogen) atoms. The lowest BCUT2D eigenvalue weighted by atomic mass is 9.52. The second-order valence-electron chi connectivity index (χ2n) is 10.5. The molecule has 192 valence electrons. The van der Waals surface area contributed by atoms with Crippen molar-refractivity contribution in [2.45, 2.75) is 31.4 Å². The number of nitrogens with zero attached hydrogens (tertiary/aromatic N) is 2.